The monoisotopic (exact) mass is 287 g/mol. The molecule has 18 heavy (non-hydrogen) atoms. The number of carboxylic acids is 1. The Bertz CT molecular complexity index is 538. The molecule has 0 unspecified atom stereocenters. The van der Waals surface area contributed by atoms with Crippen molar-refractivity contribution in [3.05, 3.63) is 27.7 Å². The molecule has 1 aliphatic carbocycles. The van der Waals surface area contributed by atoms with Crippen molar-refractivity contribution in [3.8, 4) is 0 Å². The van der Waals surface area contributed by atoms with Gasteiger partial charge in [-0.15, -0.1) is 0 Å². The average molecular weight is 288 g/mol. The number of aryl methyl sites for hydroxylation is 1. The van der Waals surface area contributed by atoms with Crippen LogP contribution in [-0.2, 0) is 9.59 Å². The second-order valence-corrected chi connectivity index (χ2v) is 5.18. The lowest BCUT2D eigenvalue weighted by atomic mass is 10.1. The van der Waals surface area contributed by atoms with E-state index < -0.39 is 17.3 Å². The Kier molecular flexibility index (Phi) is 3.25. The van der Waals surface area contributed by atoms with Crippen molar-refractivity contribution in [2.24, 2.45) is 5.41 Å². The molecule has 4 nitrogen and oxygen atoms in total. The van der Waals surface area contributed by atoms with Crippen LogP contribution >= 0.6 is 23.2 Å². The van der Waals surface area contributed by atoms with Crippen LogP contribution < -0.4 is 5.32 Å². The summed E-state index contributed by atoms with van der Waals surface area (Å²) in [6, 6.07) is 3.34. The normalized spacial score (nSPS) is 16.2. The number of aliphatic carboxylic acids is 1. The summed E-state index contributed by atoms with van der Waals surface area (Å²) < 4.78 is 0. The molecule has 0 radical (unpaired) electrons. The number of carboxylic acid groups (broad SMARTS) is 1. The Morgan fingerprint density at radius 1 is 1.33 bits per heavy atom. The smallest absolute Gasteiger partial charge is 0.319 e. The number of hydrogen-bond donors (Lipinski definition) is 2. The Morgan fingerprint density at radius 2 is 1.94 bits per heavy atom. The molecular weight excluding hydrogens is 277 g/mol. The molecule has 2 rings (SSSR count). The van der Waals surface area contributed by atoms with Gasteiger partial charge in [0.15, 0.2) is 0 Å². The molecule has 0 spiro atoms. The standard InChI is InChI=1S/C12H11Cl2NO3/c1-6-2-3-7(13)9(8(6)14)15-10(16)12(4-5-12)11(17)18/h2-3H,4-5H2,1H3,(H,15,16)(H,17,18). The fourth-order valence-electron chi connectivity index (χ4n) is 1.67. The zero-order valence-electron chi connectivity index (χ0n) is 9.59. The minimum Gasteiger partial charge on any atom is -0.480 e. The molecule has 0 bridgehead atoms. The van der Waals surface area contributed by atoms with Gasteiger partial charge in [-0.3, -0.25) is 9.59 Å². The van der Waals surface area contributed by atoms with Crippen LogP contribution in [0.1, 0.15) is 18.4 Å². The number of hydrogen-bond acceptors (Lipinski definition) is 2. The molecule has 96 valence electrons. The van der Waals surface area contributed by atoms with E-state index >= 15 is 0 Å². The van der Waals surface area contributed by atoms with Gasteiger partial charge in [0.1, 0.15) is 5.41 Å². The molecule has 1 aliphatic rings. The van der Waals surface area contributed by atoms with Crippen LogP contribution in [0.5, 0.6) is 0 Å². The number of carbonyl (C=O) groups is 2. The molecule has 1 saturated carbocycles. The lowest BCUT2D eigenvalue weighted by Crippen LogP contribution is -2.31. The molecule has 1 amide bonds. The lowest BCUT2D eigenvalue weighted by Gasteiger charge is -2.14. The Morgan fingerprint density at radius 3 is 2.44 bits per heavy atom. The summed E-state index contributed by atoms with van der Waals surface area (Å²) in [7, 11) is 0. The number of halogens is 2. The van der Waals surface area contributed by atoms with Gasteiger partial charge in [-0.1, -0.05) is 29.3 Å². The Hall–Kier alpha value is -1.26. The van der Waals surface area contributed by atoms with Gasteiger partial charge in [-0.25, -0.2) is 0 Å². The maximum absolute atomic E-state index is 11.9. The van der Waals surface area contributed by atoms with Gasteiger partial charge >= 0.3 is 5.97 Å². The number of nitrogens with one attached hydrogen (secondary N) is 1. The summed E-state index contributed by atoms with van der Waals surface area (Å²) >= 11 is 12.0. The van der Waals surface area contributed by atoms with E-state index in [2.05, 4.69) is 5.32 Å². The third-order valence-corrected chi connectivity index (χ3v) is 3.92. The third-order valence-electron chi connectivity index (χ3n) is 3.12. The maximum Gasteiger partial charge on any atom is 0.319 e. The molecule has 0 atom stereocenters. The van der Waals surface area contributed by atoms with E-state index in [1.807, 2.05) is 0 Å². The number of amides is 1. The SMILES string of the molecule is Cc1ccc(Cl)c(NC(=O)C2(C(=O)O)CC2)c1Cl. The van der Waals surface area contributed by atoms with Crippen molar-refractivity contribution >= 4 is 40.8 Å². The summed E-state index contributed by atoms with van der Waals surface area (Å²) in [6.45, 7) is 1.78. The van der Waals surface area contributed by atoms with Gasteiger partial charge in [0, 0.05) is 0 Å². The van der Waals surface area contributed by atoms with Gasteiger partial charge in [0.2, 0.25) is 5.91 Å². The second kappa shape index (κ2) is 4.44. The number of rotatable bonds is 3. The van der Waals surface area contributed by atoms with Crippen LogP contribution in [0, 0.1) is 12.3 Å². The summed E-state index contributed by atoms with van der Waals surface area (Å²) in [6.07, 6.45) is 0.685. The van der Waals surface area contributed by atoms with E-state index in [1.165, 1.54) is 0 Å². The molecule has 1 aromatic rings. The van der Waals surface area contributed by atoms with Crippen LogP contribution in [0.3, 0.4) is 0 Å². The first-order chi connectivity index (χ1) is 8.38. The van der Waals surface area contributed by atoms with Crippen molar-refractivity contribution in [2.45, 2.75) is 19.8 Å². The Labute approximate surface area is 114 Å². The van der Waals surface area contributed by atoms with Gasteiger partial charge in [-0.05, 0) is 31.4 Å². The first-order valence-electron chi connectivity index (χ1n) is 5.38. The maximum atomic E-state index is 11.9. The van der Waals surface area contributed by atoms with Crippen molar-refractivity contribution in [1.29, 1.82) is 0 Å². The van der Waals surface area contributed by atoms with Crippen molar-refractivity contribution in [2.75, 3.05) is 5.32 Å². The molecule has 1 fully saturated rings. The Balaban J connectivity index is 2.28. The van der Waals surface area contributed by atoms with Gasteiger partial charge in [0.05, 0.1) is 15.7 Å². The highest BCUT2D eigenvalue weighted by atomic mass is 35.5. The zero-order valence-corrected chi connectivity index (χ0v) is 11.1. The first kappa shape index (κ1) is 13.2. The summed E-state index contributed by atoms with van der Waals surface area (Å²) in [5.74, 6) is -1.68. The molecule has 0 aliphatic heterocycles. The minimum atomic E-state index is -1.31. The van der Waals surface area contributed by atoms with Crippen LogP contribution in [0.25, 0.3) is 0 Å². The molecule has 0 saturated heterocycles. The fourth-order valence-corrected chi connectivity index (χ4v) is 2.13. The number of carbonyl (C=O) groups excluding carboxylic acids is 1. The van der Waals surface area contributed by atoms with E-state index in [-0.39, 0.29) is 5.69 Å². The molecule has 0 aromatic heterocycles. The van der Waals surface area contributed by atoms with E-state index in [9.17, 15) is 9.59 Å². The third kappa shape index (κ3) is 2.06. The fraction of sp³-hybridized carbons (Fsp3) is 0.333. The quantitative estimate of drug-likeness (QED) is 0.840. The number of benzene rings is 1. The highest BCUT2D eigenvalue weighted by Gasteiger charge is 2.57. The minimum absolute atomic E-state index is 0.274. The van der Waals surface area contributed by atoms with Crippen LogP contribution in [-0.4, -0.2) is 17.0 Å². The van der Waals surface area contributed by atoms with Gasteiger partial charge < -0.3 is 10.4 Å². The first-order valence-corrected chi connectivity index (χ1v) is 6.13. The van der Waals surface area contributed by atoms with Crippen LogP contribution in [0.4, 0.5) is 5.69 Å². The van der Waals surface area contributed by atoms with E-state index in [0.717, 1.165) is 5.56 Å². The van der Waals surface area contributed by atoms with E-state index in [1.54, 1.807) is 19.1 Å². The largest absolute Gasteiger partial charge is 0.480 e. The molecule has 0 heterocycles. The van der Waals surface area contributed by atoms with E-state index in [0.29, 0.717) is 22.9 Å². The van der Waals surface area contributed by atoms with Crippen molar-refractivity contribution < 1.29 is 14.7 Å². The predicted molar refractivity (Wildman–Crippen MR) is 69.1 cm³/mol. The molecule has 6 heteroatoms. The second-order valence-electron chi connectivity index (χ2n) is 4.39. The molecule has 2 N–H and O–H groups in total. The average Bonchev–Trinajstić information content (AvgIpc) is 3.10. The topological polar surface area (TPSA) is 66.4 Å². The lowest BCUT2D eigenvalue weighted by molar-refractivity contribution is -0.147. The zero-order chi connectivity index (χ0) is 13.5. The summed E-state index contributed by atoms with van der Waals surface area (Å²) in [5.41, 5.74) is -0.274. The van der Waals surface area contributed by atoms with Crippen LogP contribution in [0.2, 0.25) is 10.0 Å². The molecule has 1 aromatic carbocycles. The number of anilines is 1. The van der Waals surface area contributed by atoms with Gasteiger partial charge in [-0.2, -0.15) is 0 Å². The van der Waals surface area contributed by atoms with Crippen LogP contribution in [0.15, 0.2) is 12.1 Å². The van der Waals surface area contributed by atoms with Crippen molar-refractivity contribution in [1.82, 2.24) is 0 Å². The highest BCUT2D eigenvalue weighted by Crippen LogP contribution is 2.47. The predicted octanol–water partition coefficient (Wildman–Crippen LogP) is 3.11. The van der Waals surface area contributed by atoms with Gasteiger partial charge in [0.25, 0.3) is 0 Å². The summed E-state index contributed by atoms with van der Waals surface area (Å²) in [4.78, 5) is 23.0. The highest BCUT2D eigenvalue weighted by molar-refractivity contribution is 6.40. The molecular formula is C12H11Cl2NO3. The summed E-state index contributed by atoms with van der Waals surface area (Å²) in [5, 5.41) is 12.2. The van der Waals surface area contributed by atoms with Crippen molar-refractivity contribution in [3.63, 3.8) is 0 Å². The van der Waals surface area contributed by atoms with E-state index in [4.69, 9.17) is 28.3 Å².